The summed E-state index contributed by atoms with van der Waals surface area (Å²) in [5, 5.41) is 5.10. The van der Waals surface area contributed by atoms with E-state index in [1.807, 2.05) is 35.7 Å². The molecule has 0 bridgehead atoms. The van der Waals surface area contributed by atoms with Crippen molar-refractivity contribution in [1.82, 2.24) is 9.97 Å². The van der Waals surface area contributed by atoms with E-state index in [4.69, 9.17) is 4.74 Å². The maximum atomic E-state index is 5.87. The SMILES string of the molecule is C=CC(=C)Nc1cccc(Oc2ncnc3ccsc23)c1. The largest absolute Gasteiger partial charge is 0.437 e. The number of rotatable bonds is 5. The van der Waals surface area contributed by atoms with Crippen molar-refractivity contribution in [3.63, 3.8) is 0 Å². The number of thiophene rings is 1. The van der Waals surface area contributed by atoms with Gasteiger partial charge in [-0.2, -0.15) is 0 Å². The molecule has 0 aliphatic rings. The van der Waals surface area contributed by atoms with E-state index >= 15 is 0 Å². The van der Waals surface area contributed by atoms with Crippen LogP contribution in [0.5, 0.6) is 11.6 Å². The highest BCUT2D eigenvalue weighted by Crippen LogP contribution is 2.31. The van der Waals surface area contributed by atoms with Crippen LogP contribution in [-0.4, -0.2) is 9.97 Å². The van der Waals surface area contributed by atoms with Gasteiger partial charge < -0.3 is 10.1 Å². The number of benzene rings is 1. The molecule has 0 spiro atoms. The maximum Gasteiger partial charge on any atom is 0.240 e. The molecule has 0 saturated carbocycles. The van der Waals surface area contributed by atoms with Gasteiger partial charge in [0.05, 0.1) is 5.52 Å². The van der Waals surface area contributed by atoms with Crippen molar-refractivity contribution in [2.75, 3.05) is 5.32 Å². The van der Waals surface area contributed by atoms with Crippen molar-refractivity contribution >= 4 is 27.2 Å². The zero-order chi connectivity index (χ0) is 14.7. The van der Waals surface area contributed by atoms with E-state index in [1.54, 1.807) is 17.4 Å². The number of hydrogen-bond acceptors (Lipinski definition) is 5. The number of nitrogens with zero attached hydrogens (tertiary/aromatic N) is 2. The summed E-state index contributed by atoms with van der Waals surface area (Å²) in [4.78, 5) is 8.40. The van der Waals surface area contributed by atoms with Gasteiger partial charge in [0.25, 0.3) is 0 Å². The molecule has 3 aromatic rings. The minimum absolute atomic E-state index is 0.565. The topological polar surface area (TPSA) is 47.0 Å². The molecule has 0 aliphatic carbocycles. The molecule has 5 heteroatoms. The molecule has 21 heavy (non-hydrogen) atoms. The number of ether oxygens (including phenoxy) is 1. The van der Waals surface area contributed by atoms with Gasteiger partial charge in [-0.05, 0) is 29.7 Å². The Kier molecular flexibility index (Phi) is 3.66. The van der Waals surface area contributed by atoms with E-state index in [-0.39, 0.29) is 0 Å². The Morgan fingerprint density at radius 1 is 1.29 bits per heavy atom. The van der Waals surface area contributed by atoms with Crippen LogP contribution in [0.15, 0.2) is 67.0 Å². The first kappa shape index (κ1) is 13.3. The first-order valence-corrected chi connectivity index (χ1v) is 7.19. The van der Waals surface area contributed by atoms with Crippen molar-refractivity contribution in [2.24, 2.45) is 0 Å². The highest BCUT2D eigenvalue weighted by molar-refractivity contribution is 7.17. The molecule has 2 heterocycles. The number of aromatic nitrogens is 2. The second kappa shape index (κ2) is 5.76. The second-order valence-electron chi connectivity index (χ2n) is 4.30. The van der Waals surface area contributed by atoms with Crippen LogP contribution in [0.25, 0.3) is 10.2 Å². The van der Waals surface area contributed by atoms with Crippen molar-refractivity contribution in [1.29, 1.82) is 0 Å². The first-order chi connectivity index (χ1) is 10.3. The predicted molar refractivity (Wildman–Crippen MR) is 86.9 cm³/mol. The van der Waals surface area contributed by atoms with Crippen molar-refractivity contribution in [2.45, 2.75) is 0 Å². The fraction of sp³-hybridized carbons (Fsp3) is 0. The number of hydrogen-bond donors (Lipinski definition) is 1. The van der Waals surface area contributed by atoms with Gasteiger partial charge in [0.1, 0.15) is 16.8 Å². The number of anilines is 1. The molecule has 0 saturated heterocycles. The van der Waals surface area contributed by atoms with Gasteiger partial charge in [0.15, 0.2) is 0 Å². The number of fused-ring (bicyclic) bond motifs is 1. The van der Waals surface area contributed by atoms with Gasteiger partial charge in [0.2, 0.25) is 5.88 Å². The molecule has 0 amide bonds. The van der Waals surface area contributed by atoms with E-state index in [1.165, 1.54) is 6.33 Å². The molecule has 1 N–H and O–H groups in total. The molecule has 2 aromatic heterocycles. The van der Waals surface area contributed by atoms with Crippen LogP contribution in [0, 0.1) is 0 Å². The molecular weight excluding hydrogens is 282 g/mol. The molecule has 1 aromatic carbocycles. The summed E-state index contributed by atoms with van der Waals surface area (Å²) in [7, 11) is 0. The van der Waals surface area contributed by atoms with Gasteiger partial charge in [0, 0.05) is 17.5 Å². The Balaban J connectivity index is 1.88. The van der Waals surface area contributed by atoms with E-state index in [0.717, 1.165) is 21.6 Å². The minimum atomic E-state index is 0.565. The van der Waals surface area contributed by atoms with Crippen LogP contribution in [0.2, 0.25) is 0 Å². The quantitative estimate of drug-likeness (QED) is 0.699. The van der Waals surface area contributed by atoms with Crippen LogP contribution in [-0.2, 0) is 0 Å². The highest BCUT2D eigenvalue weighted by atomic mass is 32.1. The van der Waals surface area contributed by atoms with Crippen LogP contribution in [0.3, 0.4) is 0 Å². The highest BCUT2D eigenvalue weighted by Gasteiger charge is 2.07. The summed E-state index contributed by atoms with van der Waals surface area (Å²) in [6.07, 6.45) is 3.17. The summed E-state index contributed by atoms with van der Waals surface area (Å²) < 4.78 is 6.81. The summed E-state index contributed by atoms with van der Waals surface area (Å²) in [6.45, 7) is 7.49. The standard InChI is InChI=1S/C16H13N3OS/c1-3-11(2)19-12-5-4-6-13(9-12)20-16-15-14(7-8-21-15)17-10-18-16/h3-10,19H,1-2H2. The molecule has 3 rings (SSSR count). The van der Waals surface area contributed by atoms with Gasteiger partial charge in [-0.3, -0.25) is 0 Å². The van der Waals surface area contributed by atoms with E-state index < -0.39 is 0 Å². The fourth-order valence-corrected chi connectivity index (χ4v) is 2.59. The zero-order valence-corrected chi connectivity index (χ0v) is 12.1. The third-order valence-corrected chi connectivity index (χ3v) is 3.70. The Labute approximate surface area is 126 Å². The fourth-order valence-electron chi connectivity index (χ4n) is 1.82. The van der Waals surface area contributed by atoms with Crippen LogP contribution < -0.4 is 10.1 Å². The molecule has 104 valence electrons. The van der Waals surface area contributed by atoms with Crippen LogP contribution in [0.1, 0.15) is 0 Å². The van der Waals surface area contributed by atoms with Gasteiger partial charge in [-0.25, -0.2) is 9.97 Å². The summed E-state index contributed by atoms with van der Waals surface area (Å²) in [5.74, 6) is 1.26. The minimum Gasteiger partial charge on any atom is -0.437 e. The average Bonchev–Trinajstić information content (AvgIpc) is 2.97. The van der Waals surface area contributed by atoms with Gasteiger partial charge in [-0.1, -0.05) is 19.2 Å². The lowest BCUT2D eigenvalue weighted by atomic mass is 10.3. The van der Waals surface area contributed by atoms with Gasteiger partial charge in [-0.15, -0.1) is 11.3 Å². The Hall–Kier alpha value is -2.66. The van der Waals surface area contributed by atoms with E-state index in [9.17, 15) is 0 Å². The van der Waals surface area contributed by atoms with Crippen molar-refractivity contribution < 1.29 is 4.74 Å². The molecule has 0 fully saturated rings. The Morgan fingerprint density at radius 2 is 2.19 bits per heavy atom. The van der Waals surface area contributed by atoms with E-state index in [0.29, 0.717) is 11.6 Å². The lowest BCUT2D eigenvalue weighted by Crippen LogP contribution is -1.95. The Bertz CT molecular complexity index is 810. The third-order valence-electron chi connectivity index (χ3n) is 2.81. The smallest absolute Gasteiger partial charge is 0.240 e. The molecule has 0 atom stereocenters. The summed E-state index contributed by atoms with van der Waals surface area (Å²) >= 11 is 1.56. The van der Waals surface area contributed by atoms with Gasteiger partial charge >= 0.3 is 0 Å². The van der Waals surface area contributed by atoms with Crippen LogP contribution >= 0.6 is 11.3 Å². The molecule has 0 radical (unpaired) electrons. The average molecular weight is 295 g/mol. The second-order valence-corrected chi connectivity index (χ2v) is 5.21. The monoisotopic (exact) mass is 295 g/mol. The lowest BCUT2D eigenvalue weighted by Gasteiger charge is -2.09. The number of allylic oxidation sites excluding steroid dienone is 1. The molecule has 0 unspecified atom stereocenters. The van der Waals surface area contributed by atoms with Crippen molar-refractivity contribution in [3.05, 3.63) is 67.0 Å². The number of nitrogens with one attached hydrogen (secondary N) is 1. The normalized spacial score (nSPS) is 10.3. The van der Waals surface area contributed by atoms with E-state index in [2.05, 4.69) is 28.4 Å². The molecular formula is C16H13N3OS. The predicted octanol–water partition coefficient (Wildman–Crippen LogP) is 4.60. The molecule has 0 aliphatic heterocycles. The Morgan fingerprint density at radius 3 is 3.05 bits per heavy atom. The summed E-state index contributed by atoms with van der Waals surface area (Å²) in [5.41, 5.74) is 2.50. The third kappa shape index (κ3) is 2.93. The summed E-state index contributed by atoms with van der Waals surface area (Å²) in [6, 6.07) is 9.54. The molecule has 4 nitrogen and oxygen atoms in total. The first-order valence-electron chi connectivity index (χ1n) is 6.31. The van der Waals surface area contributed by atoms with Crippen LogP contribution in [0.4, 0.5) is 5.69 Å². The zero-order valence-electron chi connectivity index (χ0n) is 11.2. The maximum absolute atomic E-state index is 5.87. The van der Waals surface area contributed by atoms with Crippen molar-refractivity contribution in [3.8, 4) is 11.6 Å². The lowest BCUT2D eigenvalue weighted by molar-refractivity contribution is 0.469.